The molecule has 21 heavy (non-hydrogen) atoms. The lowest BCUT2D eigenvalue weighted by atomic mass is 10.1. The molecule has 112 valence electrons. The van der Waals surface area contributed by atoms with Gasteiger partial charge in [0.2, 0.25) is 5.88 Å². The number of benzene rings is 1. The topological polar surface area (TPSA) is 22.1 Å². The average molecular weight is 304 g/mol. The van der Waals surface area contributed by atoms with E-state index >= 15 is 0 Å². The second kappa shape index (κ2) is 6.48. The summed E-state index contributed by atoms with van der Waals surface area (Å²) in [7, 11) is 0. The highest BCUT2D eigenvalue weighted by molar-refractivity contribution is 6.30. The zero-order valence-corrected chi connectivity index (χ0v) is 14.1. The number of halogens is 1. The molecular weight excluding hydrogens is 282 g/mol. The molecule has 0 unspecified atom stereocenters. The van der Waals surface area contributed by atoms with Gasteiger partial charge < -0.3 is 4.74 Å². The number of hydrogen-bond donors (Lipinski definition) is 0. The van der Waals surface area contributed by atoms with E-state index in [1.54, 1.807) is 0 Å². The van der Waals surface area contributed by atoms with Crippen LogP contribution in [-0.4, -0.2) is 4.98 Å². The molecule has 0 amide bonds. The molecule has 0 aliphatic heterocycles. The van der Waals surface area contributed by atoms with Gasteiger partial charge in [0.05, 0.1) is 0 Å². The minimum absolute atomic E-state index is 0.701. The van der Waals surface area contributed by atoms with Gasteiger partial charge in [-0.15, -0.1) is 0 Å². The zero-order chi connectivity index (χ0) is 15.6. The zero-order valence-electron chi connectivity index (χ0n) is 13.4. The number of nitrogens with zero attached hydrogens (tertiary/aromatic N) is 1. The van der Waals surface area contributed by atoms with Crippen LogP contribution in [0.1, 0.15) is 41.3 Å². The fourth-order valence-electron chi connectivity index (χ4n) is 2.56. The fraction of sp³-hybridized carbons (Fsp3) is 0.389. The summed E-state index contributed by atoms with van der Waals surface area (Å²) in [6.07, 6.45) is 2.16. The molecule has 0 aliphatic rings. The highest BCUT2D eigenvalue weighted by atomic mass is 35.5. The van der Waals surface area contributed by atoms with Crippen molar-refractivity contribution in [2.45, 2.75) is 47.5 Å². The lowest BCUT2D eigenvalue weighted by molar-refractivity contribution is 0.450. The van der Waals surface area contributed by atoms with Crippen molar-refractivity contribution in [1.82, 2.24) is 4.98 Å². The van der Waals surface area contributed by atoms with Crippen LogP contribution in [-0.2, 0) is 6.42 Å². The first-order valence-electron chi connectivity index (χ1n) is 7.34. The fourth-order valence-corrected chi connectivity index (χ4v) is 2.88. The maximum absolute atomic E-state index is 6.12. The summed E-state index contributed by atoms with van der Waals surface area (Å²) in [6.45, 7) is 10.3. The largest absolute Gasteiger partial charge is 0.438 e. The van der Waals surface area contributed by atoms with Gasteiger partial charge in [-0.3, -0.25) is 0 Å². The van der Waals surface area contributed by atoms with Gasteiger partial charge >= 0.3 is 0 Å². The molecule has 0 N–H and O–H groups in total. The van der Waals surface area contributed by atoms with Crippen molar-refractivity contribution >= 4 is 11.6 Å². The summed E-state index contributed by atoms with van der Waals surface area (Å²) in [5.41, 5.74) is 5.48. The van der Waals surface area contributed by atoms with Crippen LogP contribution in [0, 0.1) is 27.7 Å². The second-order valence-electron chi connectivity index (χ2n) is 5.57. The van der Waals surface area contributed by atoms with Crippen molar-refractivity contribution in [2.75, 3.05) is 0 Å². The summed E-state index contributed by atoms with van der Waals surface area (Å²) >= 11 is 6.08. The van der Waals surface area contributed by atoms with E-state index in [1.807, 2.05) is 32.9 Å². The highest BCUT2D eigenvalue weighted by Gasteiger charge is 2.13. The van der Waals surface area contributed by atoms with E-state index in [1.165, 1.54) is 5.56 Å². The summed E-state index contributed by atoms with van der Waals surface area (Å²) in [5, 5.41) is 0.734. The van der Waals surface area contributed by atoms with Crippen LogP contribution in [0.15, 0.2) is 18.2 Å². The molecule has 0 atom stereocenters. The maximum atomic E-state index is 6.12. The monoisotopic (exact) mass is 303 g/mol. The molecule has 0 radical (unpaired) electrons. The molecule has 0 saturated carbocycles. The molecule has 1 aromatic heterocycles. The van der Waals surface area contributed by atoms with Crippen LogP contribution >= 0.6 is 11.6 Å². The number of aryl methyl sites for hydroxylation is 4. The molecule has 0 saturated heterocycles. The van der Waals surface area contributed by atoms with E-state index in [-0.39, 0.29) is 0 Å². The molecule has 0 spiro atoms. The van der Waals surface area contributed by atoms with Gasteiger partial charge in [-0.2, -0.15) is 0 Å². The molecule has 2 nitrogen and oxygen atoms in total. The predicted octanol–water partition coefficient (Wildman–Crippen LogP) is 5.71. The quantitative estimate of drug-likeness (QED) is 0.721. The number of rotatable bonds is 4. The molecule has 1 aromatic carbocycles. The highest BCUT2D eigenvalue weighted by Crippen LogP contribution is 2.33. The molecule has 0 bridgehead atoms. The number of hydrogen-bond acceptors (Lipinski definition) is 2. The summed E-state index contributed by atoms with van der Waals surface area (Å²) in [5.74, 6) is 1.55. The Morgan fingerprint density at radius 2 is 1.67 bits per heavy atom. The minimum atomic E-state index is 0.701. The van der Waals surface area contributed by atoms with E-state index in [9.17, 15) is 0 Å². The number of aromatic nitrogens is 1. The van der Waals surface area contributed by atoms with Crippen molar-refractivity contribution in [2.24, 2.45) is 0 Å². The Balaban J connectivity index is 2.45. The van der Waals surface area contributed by atoms with Crippen molar-refractivity contribution < 1.29 is 4.74 Å². The van der Waals surface area contributed by atoms with Gasteiger partial charge in [0.1, 0.15) is 5.75 Å². The Morgan fingerprint density at radius 3 is 2.24 bits per heavy atom. The summed E-state index contributed by atoms with van der Waals surface area (Å²) in [4.78, 5) is 4.56. The SMILES string of the molecule is CCCc1cc(C)nc(Oc2c(C)cc(Cl)cc2C)c1C. The predicted molar refractivity (Wildman–Crippen MR) is 88.7 cm³/mol. The Hall–Kier alpha value is -1.54. The number of pyridine rings is 1. The normalized spacial score (nSPS) is 10.8. The van der Waals surface area contributed by atoms with E-state index in [2.05, 4.69) is 24.9 Å². The Kier molecular flexibility index (Phi) is 4.89. The lowest BCUT2D eigenvalue weighted by Crippen LogP contribution is -2.00. The van der Waals surface area contributed by atoms with Gasteiger partial charge in [0, 0.05) is 16.3 Å². The Morgan fingerprint density at radius 1 is 1.05 bits per heavy atom. The molecule has 0 fully saturated rings. The van der Waals surface area contributed by atoms with Crippen LogP contribution < -0.4 is 4.74 Å². The summed E-state index contributed by atoms with van der Waals surface area (Å²) in [6, 6.07) is 5.98. The summed E-state index contributed by atoms with van der Waals surface area (Å²) < 4.78 is 6.12. The molecule has 3 heteroatoms. The van der Waals surface area contributed by atoms with E-state index < -0.39 is 0 Å². The Bertz CT molecular complexity index is 642. The van der Waals surface area contributed by atoms with Crippen LogP contribution in [0.2, 0.25) is 5.02 Å². The average Bonchev–Trinajstić information content (AvgIpc) is 2.39. The first kappa shape index (κ1) is 15.8. The molecular formula is C18H22ClNO. The minimum Gasteiger partial charge on any atom is -0.438 e. The first-order chi connectivity index (χ1) is 9.92. The van der Waals surface area contributed by atoms with Gasteiger partial charge in [-0.05, 0) is 69.0 Å². The number of ether oxygens (including phenoxy) is 1. The molecule has 1 heterocycles. The van der Waals surface area contributed by atoms with Gasteiger partial charge in [0.15, 0.2) is 0 Å². The lowest BCUT2D eigenvalue weighted by Gasteiger charge is -2.16. The van der Waals surface area contributed by atoms with Crippen molar-refractivity contribution in [3.63, 3.8) is 0 Å². The van der Waals surface area contributed by atoms with E-state index in [4.69, 9.17) is 16.3 Å². The Labute approximate surface area is 132 Å². The van der Waals surface area contributed by atoms with Gasteiger partial charge in [-0.1, -0.05) is 24.9 Å². The third-order valence-electron chi connectivity index (χ3n) is 3.61. The second-order valence-corrected chi connectivity index (χ2v) is 6.01. The molecule has 0 aliphatic carbocycles. The molecule has 2 rings (SSSR count). The van der Waals surface area contributed by atoms with Gasteiger partial charge in [0.25, 0.3) is 0 Å². The first-order valence-corrected chi connectivity index (χ1v) is 7.72. The standard InChI is InChI=1S/C18H22ClNO/c1-6-7-15-10-13(4)20-18(14(15)5)21-17-11(2)8-16(19)9-12(17)3/h8-10H,6-7H2,1-5H3. The van der Waals surface area contributed by atoms with Crippen molar-refractivity contribution in [3.8, 4) is 11.6 Å². The van der Waals surface area contributed by atoms with Crippen molar-refractivity contribution in [3.05, 3.63) is 51.2 Å². The van der Waals surface area contributed by atoms with Crippen LogP contribution in [0.3, 0.4) is 0 Å². The van der Waals surface area contributed by atoms with Gasteiger partial charge in [-0.25, -0.2) is 4.98 Å². The smallest absolute Gasteiger partial charge is 0.222 e. The van der Waals surface area contributed by atoms with E-state index in [0.717, 1.165) is 46.0 Å². The van der Waals surface area contributed by atoms with E-state index in [0.29, 0.717) is 5.88 Å². The van der Waals surface area contributed by atoms with Crippen molar-refractivity contribution in [1.29, 1.82) is 0 Å². The molecule has 2 aromatic rings. The van der Waals surface area contributed by atoms with Crippen LogP contribution in [0.5, 0.6) is 11.6 Å². The third-order valence-corrected chi connectivity index (χ3v) is 3.82. The van der Waals surface area contributed by atoms with Crippen LogP contribution in [0.4, 0.5) is 0 Å². The maximum Gasteiger partial charge on any atom is 0.222 e. The third kappa shape index (κ3) is 3.56. The van der Waals surface area contributed by atoms with Crippen LogP contribution in [0.25, 0.3) is 0 Å².